The topological polar surface area (TPSA) is 72.1 Å². The first kappa shape index (κ1) is 12.1. The van der Waals surface area contributed by atoms with Crippen LogP contribution in [0.1, 0.15) is 24.1 Å². The maximum atomic E-state index is 12.3. The average molecular weight is 274 g/mol. The fourth-order valence-corrected chi connectivity index (χ4v) is 2.77. The summed E-state index contributed by atoms with van der Waals surface area (Å²) in [6.07, 6.45) is 2.38. The van der Waals surface area contributed by atoms with Gasteiger partial charge < -0.3 is 10.6 Å². The number of rotatable bonds is 2. The number of carbonyl (C=O) groups excluding carboxylic acids is 1. The molecule has 0 radical (unpaired) electrons. The highest BCUT2D eigenvalue weighted by Gasteiger charge is 2.23. The van der Waals surface area contributed by atoms with Gasteiger partial charge in [-0.2, -0.15) is 0 Å². The van der Waals surface area contributed by atoms with Crippen molar-refractivity contribution in [1.82, 2.24) is 9.59 Å². The normalized spacial score (nSPS) is 15.2. The molecule has 0 atom stereocenters. The second-order valence-electron chi connectivity index (χ2n) is 4.55. The number of anilines is 2. The van der Waals surface area contributed by atoms with E-state index in [1.54, 1.807) is 4.90 Å². The first-order valence-electron chi connectivity index (χ1n) is 6.20. The van der Waals surface area contributed by atoms with Crippen LogP contribution in [0.2, 0.25) is 0 Å². The van der Waals surface area contributed by atoms with Crippen LogP contribution in [0.3, 0.4) is 0 Å². The lowest BCUT2D eigenvalue weighted by Gasteiger charge is -2.22. The molecular weight excluding hydrogens is 260 g/mol. The smallest absolute Gasteiger partial charge is 0.227 e. The number of fused-ring (bicyclic) bond motifs is 1. The molecule has 1 aromatic heterocycles. The third-order valence-electron chi connectivity index (χ3n) is 3.31. The lowest BCUT2D eigenvalue weighted by Crippen LogP contribution is -2.30. The summed E-state index contributed by atoms with van der Waals surface area (Å²) >= 11 is 1.16. The van der Waals surface area contributed by atoms with Crippen molar-refractivity contribution < 1.29 is 4.79 Å². The first-order valence-corrected chi connectivity index (χ1v) is 6.98. The van der Waals surface area contributed by atoms with E-state index in [1.165, 1.54) is 5.56 Å². The largest absolute Gasteiger partial charge is 0.388 e. The second-order valence-corrected chi connectivity index (χ2v) is 5.33. The molecule has 19 heavy (non-hydrogen) atoms. The third kappa shape index (κ3) is 2.31. The van der Waals surface area contributed by atoms with Gasteiger partial charge in [0.2, 0.25) is 5.91 Å². The van der Waals surface area contributed by atoms with E-state index in [9.17, 15) is 4.79 Å². The van der Waals surface area contributed by atoms with E-state index in [0.29, 0.717) is 23.7 Å². The summed E-state index contributed by atoms with van der Waals surface area (Å²) in [5.41, 5.74) is 8.67. The highest BCUT2D eigenvalue weighted by Crippen LogP contribution is 2.29. The number of nitrogens with two attached hydrogens (primary N) is 1. The number of carbonyl (C=O) groups is 1. The number of nitrogens with zero attached hydrogens (tertiary/aromatic N) is 3. The van der Waals surface area contributed by atoms with Gasteiger partial charge in [-0.1, -0.05) is 22.7 Å². The fraction of sp³-hybridized carbons (Fsp3) is 0.308. The average Bonchev–Trinajstić information content (AvgIpc) is 2.74. The van der Waals surface area contributed by atoms with Crippen LogP contribution in [0.4, 0.5) is 10.7 Å². The summed E-state index contributed by atoms with van der Waals surface area (Å²) in [6.45, 7) is 0.401. The van der Waals surface area contributed by atoms with E-state index in [-0.39, 0.29) is 5.91 Å². The van der Waals surface area contributed by atoms with E-state index in [2.05, 4.69) is 15.7 Å². The molecule has 5 nitrogen and oxygen atoms in total. The summed E-state index contributed by atoms with van der Waals surface area (Å²) in [4.78, 5) is 14.0. The Morgan fingerprint density at radius 2 is 2.16 bits per heavy atom. The van der Waals surface area contributed by atoms with Crippen molar-refractivity contribution >= 4 is 28.1 Å². The number of hydrogen-bond acceptors (Lipinski definition) is 5. The van der Waals surface area contributed by atoms with Crippen molar-refractivity contribution in [3.63, 3.8) is 0 Å². The Labute approximate surface area is 115 Å². The van der Waals surface area contributed by atoms with Gasteiger partial charge in [0.15, 0.2) is 0 Å². The van der Waals surface area contributed by atoms with Crippen molar-refractivity contribution in [3.8, 4) is 0 Å². The predicted octanol–water partition coefficient (Wildman–Crippen LogP) is 1.99. The van der Waals surface area contributed by atoms with Crippen LogP contribution in [0, 0.1) is 0 Å². The van der Waals surface area contributed by atoms with Gasteiger partial charge in [0.1, 0.15) is 10.7 Å². The van der Waals surface area contributed by atoms with Crippen LogP contribution < -0.4 is 10.6 Å². The minimum atomic E-state index is 0.123. The number of aromatic nitrogens is 2. The Hall–Kier alpha value is -1.95. The fourth-order valence-electron chi connectivity index (χ4n) is 2.33. The zero-order chi connectivity index (χ0) is 13.2. The molecule has 0 bridgehead atoms. The van der Waals surface area contributed by atoms with Crippen molar-refractivity contribution in [2.24, 2.45) is 0 Å². The Bertz CT molecular complexity index is 610. The van der Waals surface area contributed by atoms with Gasteiger partial charge in [0, 0.05) is 23.6 Å². The molecule has 1 aliphatic heterocycles. The third-order valence-corrected chi connectivity index (χ3v) is 3.91. The maximum Gasteiger partial charge on any atom is 0.227 e. The van der Waals surface area contributed by atoms with Gasteiger partial charge in [0.05, 0.1) is 6.54 Å². The highest BCUT2D eigenvalue weighted by molar-refractivity contribution is 7.09. The Morgan fingerprint density at radius 1 is 1.32 bits per heavy atom. The Morgan fingerprint density at radius 3 is 2.95 bits per heavy atom. The molecule has 0 fully saturated rings. The summed E-state index contributed by atoms with van der Waals surface area (Å²) in [5, 5.41) is 4.58. The number of hydrogen-bond donors (Lipinski definition) is 1. The Kier molecular flexibility index (Phi) is 3.16. The lowest BCUT2D eigenvalue weighted by atomic mass is 10.1. The lowest BCUT2D eigenvalue weighted by molar-refractivity contribution is -0.118. The van der Waals surface area contributed by atoms with Gasteiger partial charge in [-0.15, -0.1) is 5.10 Å². The first-order chi connectivity index (χ1) is 9.25. The molecule has 2 heterocycles. The van der Waals surface area contributed by atoms with E-state index >= 15 is 0 Å². The summed E-state index contributed by atoms with van der Waals surface area (Å²) in [7, 11) is 0. The molecule has 1 aromatic carbocycles. The zero-order valence-electron chi connectivity index (χ0n) is 10.4. The minimum absolute atomic E-state index is 0.123. The predicted molar refractivity (Wildman–Crippen MR) is 74.9 cm³/mol. The molecule has 0 spiro atoms. The van der Waals surface area contributed by atoms with Crippen molar-refractivity contribution in [2.75, 3.05) is 10.6 Å². The van der Waals surface area contributed by atoms with Crippen molar-refractivity contribution in [2.45, 2.75) is 25.8 Å². The van der Waals surface area contributed by atoms with E-state index in [0.717, 1.165) is 30.1 Å². The van der Waals surface area contributed by atoms with E-state index < -0.39 is 0 Å². The van der Waals surface area contributed by atoms with E-state index in [4.69, 9.17) is 5.73 Å². The maximum absolute atomic E-state index is 12.3. The molecule has 6 heteroatoms. The molecule has 98 valence electrons. The van der Waals surface area contributed by atoms with Gasteiger partial charge in [-0.3, -0.25) is 4.79 Å². The molecule has 0 saturated heterocycles. The van der Waals surface area contributed by atoms with Gasteiger partial charge in [-0.25, -0.2) is 0 Å². The molecule has 0 saturated carbocycles. The summed E-state index contributed by atoms with van der Waals surface area (Å²) in [5.74, 6) is 0.123. The molecule has 1 amide bonds. The number of aryl methyl sites for hydroxylation is 1. The molecule has 2 N–H and O–H groups in total. The van der Waals surface area contributed by atoms with Crippen LogP contribution in [0.25, 0.3) is 0 Å². The SMILES string of the molecule is Nc1snnc1CN1C(=O)CCCc2ccccc21. The van der Waals surface area contributed by atoms with Crippen LogP contribution in [-0.2, 0) is 17.8 Å². The van der Waals surface area contributed by atoms with Gasteiger partial charge in [0.25, 0.3) is 0 Å². The second kappa shape index (κ2) is 4.97. The van der Waals surface area contributed by atoms with Gasteiger partial charge >= 0.3 is 0 Å². The molecule has 0 aliphatic carbocycles. The van der Waals surface area contributed by atoms with Crippen LogP contribution >= 0.6 is 11.5 Å². The van der Waals surface area contributed by atoms with Crippen molar-refractivity contribution in [3.05, 3.63) is 35.5 Å². The van der Waals surface area contributed by atoms with E-state index in [1.807, 2.05) is 18.2 Å². The van der Waals surface area contributed by atoms with Crippen LogP contribution in [0.5, 0.6) is 0 Å². The minimum Gasteiger partial charge on any atom is -0.388 e. The number of amides is 1. The molecule has 1 aliphatic rings. The standard InChI is InChI=1S/C13H14N4OS/c14-13-10(15-16-19-13)8-17-11-6-2-1-4-9(11)5-3-7-12(17)18/h1-2,4,6H,3,5,7-8,14H2. The summed E-state index contributed by atoms with van der Waals surface area (Å²) in [6, 6.07) is 8.01. The highest BCUT2D eigenvalue weighted by atomic mass is 32.1. The molecular formula is C13H14N4OS. The number of nitrogen functional groups attached to an aromatic ring is 1. The zero-order valence-corrected chi connectivity index (χ0v) is 11.2. The van der Waals surface area contributed by atoms with Crippen LogP contribution in [-0.4, -0.2) is 15.5 Å². The molecule has 0 unspecified atom stereocenters. The number of para-hydroxylation sites is 1. The Balaban J connectivity index is 1.98. The van der Waals surface area contributed by atoms with Crippen molar-refractivity contribution in [1.29, 1.82) is 0 Å². The van der Waals surface area contributed by atoms with Gasteiger partial charge in [-0.05, 0) is 24.5 Å². The quantitative estimate of drug-likeness (QED) is 0.909. The number of benzene rings is 1. The van der Waals surface area contributed by atoms with Crippen LogP contribution in [0.15, 0.2) is 24.3 Å². The molecule has 3 rings (SSSR count). The summed E-state index contributed by atoms with van der Waals surface area (Å²) < 4.78 is 3.82. The molecule has 2 aromatic rings. The monoisotopic (exact) mass is 274 g/mol.